The first-order valence-corrected chi connectivity index (χ1v) is 9.55. The number of fused-ring (bicyclic) bond motifs is 1. The third kappa shape index (κ3) is 3.52. The van der Waals surface area contributed by atoms with E-state index in [1.807, 2.05) is 24.3 Å². The average molecular weight is 410 g/mol. The van der Waals surface area contributed by atoms with Crippen LogP contribution in [0.3, 0.4) is 0 Å². The summed E-state index contributed by atoms with van der Waals surface area (Å²) in [4.78, 5) is 21.2. The number of ether oxygens (including phenoxy) is 1. The smallest absolute Gasteiger partial charge is 0.276 e. The zero-order valence-corrected chi connectivity index (χ0v) is 16.0. The fourth-order valence-corrected chi connectivity index (χ4v) is 3.60. The Balaban J connectivity index is 1.32. The van der Waals surface area contributed by atoms with E-state index in [2.05, 4.69) is 20.2 Å². The molecule has 0 spiro atoms. The zero-order valence-electron chi connectivity index (χ0n) is 15.2. The highest BCUT2D eigenvalue weighted by Gasteiger charge is 2.31. The Morgan fingerprint density at radius 1 is 1.21 bits per heavy atom. The molecule has 9 heteroatoms. The second-order valence-corrected chi connectivity index (χ2v) is 7.33. The molecule has 1 aliphatic rings. The molecule has 0 unspecified atom stereocenters. The average Bonchev–Trinajstić information content (AvgIpc) is 3.41. The van der Waals surface area contributed by atoms with Crippen molar-refractivity contribution in [3.8, 4) is 0 Å². The number of rotatable bonds is 4. The molecule has 1 saturated heterocycles. The summed E-state index contributed by atoms with van der Waals surface area (Å²) in [5, 5.41) is 9.42. The quantitative estimate of drug-likeness (QED) is 0.510. The van der Waals surface area contributed by atoms with Crippen LogP contribution in [-0.4, -0.2) is 31.5 Å². The van der Waals surface area contributed by atoms with E-state index in [9.17, 15) is 4.79 Å². The summed E-state index contributed by atoms with van der Waals surface area (Å²) >= 11 is 5.95. The number of hydrogen-bond donors (Lipinski definition) is 0. The summed E-state index contributed by atoms with van der Waals surface area (Å²) < 4.78 is 12.6. The van der Waals surface area contributed by atoms with Gasteiger partial charge in [-0.15, -0.1) is 0 Å². The van der Waals surface area contributed by atoms with Crippen molar-refractivity contribution in [1.82, 2.24) is 24.9 Å². The monoisotopic (exact) mass is 409 g/mol. The van der Waals surface area contributed by atoms with Crippen molar-refractivity contribution in [1.29, 1.82) is 0 Å². The van der Waals surface area contributed by atoms with Crippen molar-refractivity contribution >= 4 is 22.5 Å². The Morgan fingerprint density at radius 2 is 2.07 bits per heavy atom. The third-order valence-corrected chi connectivity index (χ3v) is 5.25. The van der Waals surface area contributed by atoms with Crippen molar-refractivity contribution < 1.29 is 9.26 Å². The van der Waals surface area contributed by atoms with Crippen LogP contribution in [0.5, 0.6) is 0 Å². The Labute approximate surface area is 170 Å². The van der Waals surface area contributed by atoms with Gasteiger partial charge in [-0.1, -0.05) is 28.9 Å². The van der Waals surface area contributed by atoms with Gasteiger partial charge in [0.1, 0.15) is 6.54 Å². The van der Waals surface area contributed by atoms with Gasteiger partial charge in [-0.2, -0.15) is 10.1 Å². The Morgan fingerprint density at radius 3 is 2.93 bits per heavy atom. The van der Waals surface area contributed by atoms with E-state index in [4.69, 9.17) is 20.9 Å². The van der Waals surface area contributed by atoms with Crippen LogP contribution in [0.2, 0.25) is 5.02 Å². The Kier molecular flexibility index (Phi) is 4.57. The molecule has 29 heavy (non-hydrogen) atoms. The number of nitrogens with zero attached hydrogens (tertiary/aromatic N) is 5. The van der Waals surface area contributed by atoms with Gasteiger partial charge in [0.05, 0.1) is 29.8 Å². The molecule has 0 bridgehead atoms. The maximum atomic E-state index is 12.6. The molecule has 0 amide bonds. The molecular formula is C20H16ClN5O3. The lowest BCUT2D eigenvalue weighted by Gasteiger charge is -2.09. The SMILES string of the molecule is O=c1c2cccnc2cnn1Cc1nc([C@@H]2CO[C@@H](c3ccc(Cl)cc3)C2)no1. The molecule has 4 heterocycles. The summed E-state index contributed by atoms with van der Waals surface area (Å²) in [6, 6.07) is 11.1. The lowest BCUT2D eigenvalue weighted by atomic mass is 10.0. The van der Waals surface area contributed by atoms with Crippen molar-refractivity contribution in [3.05, 3.63) is 81.4 Å². The first kappa shape index (κ1) is 18.0. The molecule has 1 aromatic carbocycles. The Hall–Kier alpha value is -3.10. The van der Waals surface area contributed by atoms with E-state index in [1.54, 1.807) is 24.5 Å². The van der Waals surface area contributed by atoms with E-state index in [-0.39, 0.29) is 24.1 Å². The highest BCUT2D eigenvalue weighted by atomic mass is 35.5. The molecule has 146 valence electrons. The predicted octanol–water partition coefficient (Wildman–Crippen LogP) is 3.12. The van der Waals surface area contributed by atoms with Crippen LogP contribution in [-0.2, 0) is 11.3 Å². The molecule has 0 N–H and O–H groups in total. The van der Waals surface area contributed by atoms with E-state index in [0.29, 0.717) is 34.2 Å². The molecule has 0 radical (unpaired) electrons. The van der Waals surface area contributed by atoms with Gasteiger partial charge < -0.3 is 9.26 Å². The fraction of sp³-hybridized carbons (Fsp3) is 0.250. The van der Waals surface area contributed by atoms with E-state index >= 15 is 0 Å². The standard InChI is InChI=1S/C20H16ClN5O3/c21-14-5-3-12(4-6-14)17-8-13(11-28-17)19-24-18(29-25-19)10-26-20(27)15-2-1-7-22-16(15)9-23-26/h1-7,9,13,17H,8,10-11H2/t13-,17+/m0/s1. The lowest BCUT2D eigenvalue weighted by Crippen LogP contribution is -2.23. The number of halogens is 1. The topological polar surface area (TPSA) is 95.9 Å². The maximum absolute atomic E-state index is 12.6. The van der Waals surface area contributed by atoms with Crippen LogP contribution < -0.4 is 5.56 Å². The summed E-state index contributed by atoms with van der Waals surface area (Å²) in [7, 11) is 0. The molecule has 4 aromatic rings. The summed E-state index contributed by atoms with van der Waals surface area (Å²) in [6.07, 6.45) is 3.89. The number of pyridine rings is 1. The second-order valence-electron chi connectivity index (χ2n) is 6.90. The van der Waals surface area contributed by atoms with E-state index in [1.165, 1.54) is 4.68 Å². The number of benzene rings is 1. The van der Waals surface area contributed by atoms with Gasteiger partial charge in [0, 0.05) is 17.1 Å². The van der Waals surface area contributed by atoms with Crippen LogP contribution in [0.1, 0.15) is 35.7 Å². The minimum atomic E-state index is -0.248. The number of hydrogen-bond acceptors (Lipinski definition) is 7. The van der Waals surface area contributed by atoms with Crippen molar-refractivity contribution in [3.63, 3.8) is 0 Å². The minimum absolute atomic E-state index is 0.0265. The van der Waals surface area contributed by atoms with Crippen molar-refractivity contribution in [2.24, 2.45) is 0 Å². The summed E-state index contributed by atoms with van der Waals surface area (Å²) in [5.41, 5.74) is 1.37. The third-order valence-electron chi connectivity index (χ3n) is 5.00. The molecule has 0 saturated carbocycles. The van der Waals surface area contributed by atoms with Crippen LogP contribution in [0.4, 0.5) is 0 Å². The van der Waals surface area contributed by atoms with Crippen LogP contribution >= 0.6 is 11.6 Å². The highest BCUT2D eigenvalue weighted by molar-refractivity contribution is 6.30. The zero-order chi connectivity index (χ0) is 19.8. The largest absolute Gasteiger partial charge is 0.373 e. The minimum Gasteiger partial charge on any atom is -0.373 e. The number of aromatic nitrogens is 5. The first-order chi connectivity index (χ1) is 14.2. The summed E-state index contributed by atoms with van der Waals surface area (Å²) in [6.45, 7) is 0.608. The fourth-order valence-electron chi connectivity index (χ4n) is 3.47. The van der Waals surface area contributed by atoms with E-state index in [0.717, 1.165) is 12.0 Å². The van der Waals surface area contributed by atoms with Crippen LogP contribution in [0, 0.1) is 0 Å². The lowest BCUT2D eigenvalue weighted by molar-refractivity contribution is 0.110. The van der Waals surface area contributed by atoms with E-state index < -0.39 is 0 Å². The van der Waals surface area contributed by atoms with Crippen molar-refractivity contribution in [2.75, 3.05) is 6.61 Å². The second kappa shape index (κ2) is 7.38. The maximum Gasteiger partial charge on any atom is 0.276 e. The van der Waals surface area contributed by atoms with Crippen LogP contribution in [0.25, 0.3) is 10.9 Å². The predicted molar refractivity (Wildman–Crippen MR) is 105 cm³/mol. The van der Waals surface area contributed by atoms with Gasteiger partial charge in [-0.3, -0.25) is 9.78 Å². The van der Waals surface area contributed by atoms with Gasteiger partial charge in [-0.05, 0) is 36.2 Å². The molecular weight excluding hydrogens is 394 g/mol. The highest BCUT2D eigenvalue weighted by Crippen LogP contribution is 2.37. The van der Waals surface area contributed by atoms with Gasteiger partial charge >= 0.3 is 0 Å². The molecule has 3 aromatic heterocycles. The molecule has 8 nitrogen and oxygen atoms in total. The molecule has 2 atom stereocenters. The van der Waals surface area contributed by atoms with Gasteiger partial charge in [0.2, 0.25) is 5.89 Å². The molecule has 0 aliphatic carbocycles. The van der Waals surface area contributed by atoms with Gasteiger partial charge in [0.15, 0.2) is 5.82 Å². The molecule has 5 rings (SSSR count). The van der Waals surface area contributed by atoms with Crippen LogP contribution in [0.15, 0.2) is 58.1 Å². The Bertz CT molecular complexity index is 1220. The normalized spacial score (nSPS) is 19.1. The molecule has 1 aliphatic heterocycles. The van der Waals surface area contributed by atoms with Gasteiger partial charge in [0.25, 0.3) is 5.56 Å². The van der Waals surface area contributed by atoms with Crippen molar-refractivity contribution in [2.45, 2.75) is 25.0 Å². The first-order valence-electron chi connectivity index (χ1n) is 9.18. The van der Waals surface area contributed by atoms with Gasteiger partial charge in [-0.25, -0.2) is 4.68 Å². The molecule has 1 fully saturated rings. The summed E-state index contributed by atoms with van der Waals surface area (Å²) in [5.74, 6) is 0.929.